The van der Waals surface area contributed by atoms with E-state index in [-0.39, 0.29) is 13.2 Å². The zero-order valence-corrected chi connectivity index (χ0v) is 10.7. The lowest BCUT2D eigenvalue weighted by atomic mass is 10.3. The van der Waals surface area contributed by atoms with Crippen LogP contribution in [0.2, 0.25) is 5.02 Å². The molecule has 0 saturated heterocycles. The summed E-state index contributed by atoms with van der Waals surface area (Å²) in [5, 5.41) is 19.1. The van der Waals surface area contributed by atoms with Crippen molar-refractivity contribution in [1.82, 2.24) is 4.98 Å². The first-order valence-electron chi connectivity index (χ1n) is 5.23. The third kappa shape index (κ3) is 4.12. The fourth-order valence-corrected chi connectivity index (χ4v) is 1.62. The monoisotopic (exact) mass is 260 g/mol. The van der Waals surface area contributed by atoms with Crippen molar-refractivity contribution in [3.05, 3.63) is 22.8 Å². The van der Waals surface area contributed by atoms with Gasteiger partial charge < -0.3 is 19.8 Å². The number of aliphatic hydroxyl groups is 2. The number of likely N-dealkylation sites (N-methyl/N-ethyl adjacent to an activating group) is 1. The van der Waals surface area contributed by atoms with Crippen molar-refractivity contribution in [1.29, 1.82) is 0 Å². The SMILES string of the molecule is COCC(O)CN(C)c1ccc(Cl)c(CO)n1. The van der Waals surface area contributed by atoms with E-state index in [4.69, 9.17) is 21.4 Å². The molecule has 0 amide bonds. The molecule has 0 radical (unpaired) electrons. The zero-order valence-electron chi connectivity index (χ0n) is 9.93. The zero-order chi connectivity index (χ0) is 12.8. The highest BCUT2D eigenvalue weighted by atomic mass is 35.5. The van der Waals surface area contributed by atoms with E-state index >= 15 is 0 Å². The molecule has 2 N–H and O–H groups in total. The largest absolute Gasteiger partial charge is 0.390 e. The van der Waals surface area contributed by atoms with Gasteiger partial charge in [-0.05, 0) is 12.1 Å². The number of aromatic nitrogens is 1. The van der Waals surface area contributed by atoms with Crippen LogP contribution in [0.5, 0.6) is 0 Å². The van der Waals surface area contributed by atoms with Crippen LogP contribution < -0.4 is 4.90 Å². The number of hydrogen-bond acceptors (Lipinski definition) is 5. The van der Waals surface area contributed by atoms with E-state index in [1.807, 2.05) is 0 Å². The second kappa shape index (κ2) is 6.76. The Morgan fingerprint density at radius 3 is 2.82 bits per heavy atom. The lowest BCUT2D eigenvalue weighted by molar-refractivity contribution is 0.0694. The summed E-state index contributed by atoms with van der Waals surface area (Å²) in [5.41, 5.74) is 0.428. The van der Waals surface area contributed by atoms with Crippen LogP contribution in [0.1, 0.15) is 5.69 Å². The Balaban J connectivity index is 2.71. The normalized spacial score (nSPS) is 12.5. The van der Waals surface area contributed by atoms with Crippen LogP contribution in [0.4, 0.5) is 5.82 Å². The smallest absolute Gasteiger partial charge is 0.128 e. The van der Waals surface area contributed by atoms with Gasteiger partial charge in [0, 0.05) is 20.7 Å². The summed E-state index contributed by atoms with van der Waals surface area (Å²) in [6.07, 6.45) is -0.583. The summed E-state index contributed by atoms with van der Waals surface area (Å²) in [6, 6.07) is 3.41. The molecular weight excluding hydrogens is 244 g/mol. The van der Waals surface area contributed by atoms with Crippen LogP contribution in [-0.4, -0.2) is 48.6 Å². The molecule has 0 fully saturated rings. The maximum absolute atomic E-state index is 9.59. The van der Waals surface area contributed by atoms with Crippen molar-refractivity contribution >= 4 is 17.4 Å². The number of ether oxygens (including phenoxy) is 1. The molecule has 96 valence electrons. The summed E-state index contributed by atoms with van der Waals surface area (Å²) < 4.78 is 4.85. The molecule has 0 aliphatic rings. The van der Waals surface area contributed by atoms with Crippen molar-refractivity contribution in [2.24, 2.45) is 0 Å². The van der Waals surface area contributed by atoms with Crippen LogP contribution in [0.3, 0.4) is 0 Å². The average Bonchev–Trinajstić information content (AvgIpc) is 2.29. The number of rotatable bonds is 6. The molecule has 1 unspecified atom stereocenters. The summed E-state index contributed by atoms with van der Waals surface area (Å²) in [7, 11) is 3.34. The molecule has 0 aliphatic heterocycles. The molecule has 0 aromatic carbocycles. The van der Waals surface area contributed by atoms with E-state index in [0.29, 0.717) is 23.1 Å². The Hall–Kier alpha value is -0.880. The van der Waals surface area contributed by atoms with Gasteiger partial charge in [-0.15, -0.1) is 0 Å². The first-order valence-corrected chi connectivity index (χ1v) is 5.60. The molecule has 0 bridgehead atoms. The van der Waals surface area contributed by atoms with Gasteiger partial charge in [0.2, 0.25) is 0 Å². The second-order valence-corrected chi connectivity index (χ2v) is 4.15. The predicted octanol–water partition coefficient (Wildman–Crippen LogP) is 0.671. The molecule has 0 aliphatic carbocycles. The quantitative estimate of drug-likeness (QED) is 0.787. The van der Waals surface area contributed by atoms with E-state index in [2.05, 4.69) is 4.98 Å². The lowest BCUT2D eigenvalue weighted by Crippen LogP contribution is -2.32. The summed E-state index contributed by atoms with van der Waals surface area (Å²) >= 11 is 5.85. The molecule has 1 aromatic rings. The number of methoxy groups -OCH3 is 1. The predicted molar refractivity (Wildman–Crippen MR) is 66.3 cm³/mol. The van der Waals surface area contributed by atoms with Gasteiger partial charge in [-0.2, -0.15) is 0 Å². The van der Waals surface area contributed by atoms with Gasteiger partial charge in [0.05, 0.1) is 30.0 Å². The molecule has 6 heteroatoms. The van der Waals surface area contributed by atoms with Crippen LogP contribution in [0.25, 0.3) is 0 Å². The van der Waals surface area contributed by atoms with Gasteiger partial charge in [-0.3, -0.25) is 0 Å². The van der Waals surface area contributed by atoms with E-state index < -0.39 is 6.10 Å². The molecule has 0 spiro atoms. The fraction of sp³-hybridized carbons (Fsp3) is 0.545. The van der Waals surface area contributed by atoms with E-state index in [1.54, 1.807) is 24.1 Å². The fourth-order valence-electron chi connectivity index (χ4n) is 1.45. The van der Waals surface area contributed by atoms with Crippen molar-refractivity contribution < 1.29 is 14.9 Å². The van der Waals surface area contributed by atoms with Crippen molar-refractivity contribution in [2.45, 2.75) is 12.7 Å². The Morgan fingerprint density at radius 2 is 2.24 bits per heavy atom. The molecule has 1 atom stereocenters. The van der Waals surface area contributed by atoms with Crippen molar-refractivity contribution in [3.8, 4) is 0 Å². The Morgan fingerprint density at radius 1 is 1.53 bits per heavy atom. The van der Waals surface area contributed by atoms with E-state index in [1.165, 1.54) is 7.11 Å². The third-order valence-electron chi connectivity index (χ3n) is 2.29. The number of aliphatic hydroxyl groups excluding tert-OH is 2. The first-order chi connectivity index (χ1) is 8.08. The van der Waals surface area contributed by atoms with Crippen molar-refractivity contribution in [2.75, 3.05) is 32.2 Å². The van der Waals surface area contributed by atoms with Gasteiger partial charge in [0.1, 0.15) is 5.82 Å². The molecule has 1 rings (SSSR count). The van der Waals surface area contributed by atoms with Crippen LogP contribution in [0.15, 0.2) is 12.1 Å². The molecule has 5 nitrogen and oxygen atoms in total. The third-order valence-corrected chi connectivity index (χ3v) is 2.63. The Labute approximate surface area is 106 Å². The number of hydrogen-bond donors (Lipinski definition) is 2. The average molecular weight is 261 g/mol. The van der Waals surface area contributed by atoms with Crippen LogP contribution in [-0.2, 0) is 11.3 Å². The van der Waals surface area contributed by atoms with Gasteiger partial charge in [0.15, 0.2) is 0 Å². The summed E-state index contributed by atoms with van der Waals surface area (Å²) in [5.74, 6) is 0.647. The highest BCUT2D eigenvalue weighted by Crippen LogP contribution is 2.18. The van der Waals surface area contributed by atoms with Gasteiger partial charge in [-0.1, -0.05) is 11.6 Å². The van der Waals surface area contributed by atoms with Gasteiger partial charge in [-0.25, -0.2) is 4.98 Å². The maximum atomic E-state index is 9.59. The van der Waals surface area contributed by atoms with E-state index in [0.717, 1.165) is 0 Å². The molecule has 1 heterocycles. The standard InChI is InChI=1S/C11H17ClN2O3/c1-14(5-8(16)7-17-2)11-4-3-9(12)10(6-15)13-11/h3-4,8,15-16H,5-7H2,1-2H3. The minimum atomic E-state index is -0.583. The number of pyridine rings is 1. The minimum absolute atomic E-state index is 0.207. The number of nitrogens with zero attached hydrogens (tertiary/aromatic N) is 2. The molecule has 1 aromatic heterocycles. The molecular formula is C11H17ClN2O3. The highest BCUT2D eigenvalue weighted by Gasteiger charge is 2.11. The first kappa shape index (κ1) is 14.2. The van der Waals surface area contributed by atoms with Crippen molar-refractivity contribution in [3.63, 3.8) is 0 Å². The van der Waals surface area contributed by atoms with Gasteiger partial charge >= 0.3 is 0 Å². The van der Waals surface area contributed by atoms with Crippen LogP contribution in [0, 0.1) is 0 Å². The summed E-state index contributed by atoms with van der Waals surface area (Å²) in [4.78, 5) is 5.97. The second-order valence-electron chi connectivity index (χ2n) is 3.75. The van der Waals surface area contributed by atoms with E-state index in [9.17, 15) is 5.11 Å². The Kier molecular flexibility index (Phi) is 5.64. The van der Waals surface area contributed by atoms with Crippen LogP contribution >= 0.6 is 11.6 Å². The Bertz CT molecular complexity index is 363. The lowest BCUT2D eigenvalue weighted by Gasteiger charge is -2.21. The number of anilines is 1. The van der Waals surface area contributed by atoms with Gasteiger partial charge in [0.25, 0.3) is 0 Å². The molecule has 0 saturated carbocycles. The highest BCUT2D eigenvalue weighted by molar-refractivity contribution is 6.31. The topological polar surface area (TPSA) is 65.8 Å². The maximum Gasteiger partial charge on any atom is 0.128 e. The molecule has 17 heavy (non-hydrogen) atoms. The number of halogens is 1. The minimum Gasteiger partial charge on any atom is -0.390 e. The summed E-state index contributed by atoms with van der Waals surface area (Å²) in [6.45, 7) is 0.458.